The molecule has 1 N–H and O–H groups in total. The van der Waals surface area contributed by atoms with Gasteiger partial charge in [0.05, 0.1) is 17.8 Å². The number of anilines is 1. The van der Waals surface area contributed by atoms with Crippen LogP contribution in [0.15, 0.2) is 42.5 Å². The highest BCUT2D eigenvalue weighted by Crippen LogP contribution is 2.33. The van der Waals surface area contributed by atoms with Crippen molar-refractivity contribution in [2.75, 3.05) is 12.0 Å². The number of methoxy groups -OCH3 is 1. The van der Waals surface area contributed by atoms with Crippen molar-refractivity contribution >= 4 is 52.1 Å². The summed E-state index contributed by atoms with van der Waals surface area (Å²) in [5.41, 5.74) is 1.34. The Kier molecular flexibility index (Phi) is 4.43. The molecular formula is C16H12Cl2N2O2S. The van der Waals surface area contributed by atoms with Crippen molar-refractivity contribution in [3.63, 3.8) is 0 Å². The molecule has 0 spiro atoms. The second-order valence-electron chi connectivity index (χ2n) is 4.93. The summed E-state index contributed by atoms with van der Waals surface area (Å²) < 4.78 is 5.12. The molecule has 7 heteroatoms. The van der Waals surface area contributed by atoms with Gasteiger partial charge in [0.2, 0.25) is 0 Å². The summed E-state index contributed by atoms with van der Waals surface area (Å²) in [6.45, 7) is 0. The predicted molar refractivity (Wildman–Crippen MR) is 95.4 cm³/mol. The zero-order chi connectivity index (χ0) is 16.6. The Bertz CT molecular complexity index is 797. The second-order valence-corrected chi connectivity index (χ2v) is 6.16. The Balaban J connectivity index is 1.94. The topological polar surface area (TPSA) is 41.6 Å². The third kappa shape index (κ3) is 3.00. The Labute approximate surface area is 148 Å². The quantitative estimate of drug-likeness (QED) is 0.834. The molecule has 3 rings (SSSR count). The third-order valence-corrected chi connectivity index (χ3v) is 4.34. The molecule has 2 aromatic carbocycles. The van der Waals surface area contributed by atoms with E-state index < -0.39 is 6.04 Å². The van der Waals surface area contributed by atoms with Crippen LogP contribution in [0.2, 0.25) is 10.0 Å². The van der Waals surface area contributed by atoms with Gasteiger partial charge in [0.1, 0.15) is 11.8 Å². The molecule has 1 unspecified atom stereocenters. The molecule has 0 bridgehead atoms. The van der Waals surface area contributed by atoms with Crippen LogP contribution in [-0.2, 0) is 4.79 Å². The molecule has 0 aliphatic carbocycles. The van der Waals surface area contributed by atoms with Gasteiger partial charge in [-0.15, -0.1) is 0 Å². The third-order valence-electron chi connectivity index (χ3n) is 3.51. The fourth-order valence-corrected chi connectivity index (χ4v) is 3.19. The molecule has 1 amide bonds. The summed E-state index contributed by atoms with van der Waals surface area (Å²) in [5.74, 6) is 0.353. The van der Waals surface area contributed by atoms with Crippen LogP contribution in [0.25, 0.3) is 0 Å². The van der Waals surface area contributed by atoms with E-state index in [0.717, 1.165) is 5.56 Å². The predicted octanol–water partition coefficient (Wildman–Crippen LogP) is 3.96. The smallest absolute Gasteiger partial charge is 0.260 e. The Morgan fingerprint density at radius 1 is 1.22 bits per heavy atom. The van der Waals surface area contributed by atoms with Crippen molar-refractivity contribution in [3.8, 4) is 5.75 Å². The molecule has 1 heterocycles. The summed E-state index contributed by atoms with van der Waals surface area (Å²) in [6, 6.07) is 11.6. The fourth-order valence-electron chi connectivity index (χ4n) is 2.43. The van der Waals surface area contributed by atoms with Crippen LogP contribution < -0.4 is 15.0 Å². The minimum absolute atomic E-state index is 0.182. The highest BCUT2D eigenvalue weighted by Gasteiger charge is 2.37. The molecule has 2 aromatic rings. The lowest BCUT2D eigenvalue weighted by atomic mass is 10.1. The summed E-state index contributed by atoms with van der Waals surface area (Å²) in [5, 5.41) is 4.31. The molecule has 23 heavy (non-hydrogen) atoms. The van der Waals surface area contributed by atoms with Crippen molar-refractivity contribution in [3.05, 3.63) is 58.1 Å². The van der Waals surface area contributed by atoms with Crippen LogP contribution in [-0.4, -0.2) is 18.1 Å². The number of nitrogens with one attached hydrogen (secondary N) is 1. The van der Waals surface area contributed by atoms with Gasteiger partial charge >= 0.3 is 0 Å². The molecule has 1 aliphatic rings. The fraction of sp³-hybridized carbons (Fsp3) is 0.125. The number of nitrogens with zero attached hydrogens (tertiary/aromatic N) is 1. The number of rotatable bonds is 3. The van der Waals surface area contributed by atoms with E-state index >= 15 is 0 Å². The van der Waals surface area contributed by atoms with E-state index in [2.05, 4.69) is 5.32 Å². The maximum Gasteiger partial charge on any atom is 0.260 e. The molecule has 1 saturated heterocycles. The highest BCUT2D eigenvalue weighted by molar-refractivity contribution is 7.80. The van der Waals surface area contributed by atoms with Crippen LogP contribution in [0.4, 0.5) is 5.69 Å². The Morgan fingerprint density at radius 2 is 2.00 bits per heavy atom. The highest BCUT2D eigenvalue weighted by atomic mass is 35.5. The number of benzene rings is 2. The SMILES string of the molecule is COc1ccc(N2C(=O)C(c3cccc(Cl)c3)NC2=S)cc1Cl. The van der Waals surface area contributed by atoms with E-state index in [0.29, 0.717) is 26.6 Å². The van der Waals surface area contributed by atoms with Gasteiger partial charge in [0.15, 0.2) is 5.11 Å². The molecule has 0 saturated carbocycles. The van der Waals surface area contributed by atoms with Crippen molar-refractivity contribution in [2.45, 2.75) is 6.04 Å². The lowest BCUT2D eigenvalue weighted by molar-refractivity contribution is -0.118. The van der Waals surface area contributed by atoms with Crippen molar-refractivity contribution in [1.29, 1.82) is 0 Å². The van der Waals surface area contributed by atoms with Gasteiger partial charge in [0, 0.05) is 5.02 Å². The first kappa shape index (κ1) is 16.1. The lowest BCUT2D eigenvalue weighted by Gasteiger charge is -2.16. The van der Waals surface area contributed by atoms with E-state index in [1.807, 2.05) is 6.07 Å². The molecular weight excluding hydrogens is 355 g/mol. The number of carbonyl (C=O) groups is 1. The zero-order valence-corrected chi connectivity index (χ0v) is 14.4. The van der Waals surface area contributed by atoms with E-state index in [1.54, 1.807) is 36.4 Å². The molecule has 0 aromatic heterocycles. The van der Waals surface area contributed by atoms with Crippen molar-refractivity contribution in [2.24, 2.45) is 0 Å². The Morgan fingerprint density at radius 3 is 2.65 bits per heavy atom. The van der Waals surface area contributed by atoms with Gasteiger partial charge in [-0.3, -0.25) is 9.69 Å². The van der Waals surface area contributed by atoms with Crippen LogP contribution in [0.5, 0.6) is 5.75 Å². The zero-order valence-electron chi connectivity index (χ0n) is 12.0. The van der Waals surface area contributed by atoms with Crippen LogP contribution >= 0.6 is 35.4 Å². The van der Waals surface area contributed by atoms with E-state index in [1.165, 1.54) is 12.0 Å². The molecule has 1 atom stereocenters. The lowest BCUT2D eigenvalue weighted by Crippen LogP contribution is -2.30. The maximum absolute atomic E-state index is 12.8. The summed E-state index contributed by atoms with van der Waals surface area (Å²) in [7, 11) is 1.53. The van der Waals surface area contributed by atoms with E-state index in [4.69, 9.17) is 40.2 Å². The van der Waals surface area contributed by atoms with Crippen molar-refractivity contribution < 1.29 is 9.53 Å². The molecule has 1 aliphatic heterocycles. The van der Waals surface area contributed by atoms with Crippen LogP contribution in [0, 0.1) is 0 Å². The number of ether oxygens (including phenoxy) is 1. The summed E-state index contributed by atoms with van der Waals surface area (Å²) in [4.78, 5) is 14.2. The van der Waals surface area contributed by atoms with E-state index in [9.17, 15) is 4.79 Å². The largest absolute Gasteiger partial charge is 0.495 e. The minimum Gasteiger partial charge on any atom is -0.495 e. The minimum atomic E-state index is -0.568. The van der Waals surface area contributed by atoms with Crippen molar-refractivity contribution in [1.82, 2.24) is 5.32 Å². The summed E-state index contributed by atoms with van der Waals surface area (Å²) in [6.07, 6.45) is 0. The molecule has 1 fully saturated rings. The summed E-state index contributed by atoms with van der Waals surface area (Å²) >= 11 is 17.4. The van der Waals surface area contributed by atoms with Gasteiger partial charge in [-0.1, -0.05) is 35.3 Å². The first-order valence-electron chi connectivity index (χ1n) is 6.74. The average Bonchev–Trinajstić information content (AvgIpc) is 2.82. The number of thiocarbonyl (C=S) groups is 1. The number of hydrogen-bond acceptors (Lipinski definition) is 3. The first-order valence-corrected chi connectivity index (χ1v) is 7.91. The van der Waals surface area contributed by atoms with Gasteiger partial charge in [-0.25, -0.2) is 0 Å². The molecule has 4 nitrogen and oxygen atoms in total. The monoisotopic (exact) mass is 366 g/mol. The number of halogens is 2. The van der Waals surface area contributed by atoms with Gasteiger partial charge < -0.3 is 10.1 Å². The number of amides is 1. The average molecular weight is 367 g/mol. The maximum atomic E-state index is 12.8. The van der Waals surface area contributed by atoms with E-state index in [-0.39, 0.29) is 5.91 Å². The second kappa shape index (κ2) is 6.35. The number of hydrogen-bond donors (Lipinski definition) is 1. The van der Waals surface area contributed by atoms with Gasteiger partial charge in [0.25, 0.3) is 5.91 Å². The standard InChI is InChI=1S/C16H12Cl2N2O2S/c1-22-13-6-5-11(8-12(13)18)20-15(21)14(19-16(20)23)9-3-2-4-10(17)7-9/h2-8,14H,1H3,(H,19,23). The normalized spacial score (nSPS) is 17.3. The van der Waals surface area contributed by atoms with Crippen LogP contribution in [0.3, 0.4) is 0 Å². The van der Waals surface area contributed by atoms with Crippen LogP contribution in [0.1, 0.15) is 11.6 Å². The molecule has 118 valence electrons. The Hall–Kier alpha value is -1.82. The van der Waals surface area contributed by atoms with Gasteiger partial charge in [-0.05, 0) is 48.1 Å². The molecule has 0 radical (unpaired) electrons. The van der Waals surface area contributed by atoms with Gasteiger partial charge in [-0.2, -0.15) is 0 Å². The number of carbonyl (C=O) groups excluding carboxylic acids is 1. The first-order chi connectivity index (χ1) is 11.0.